The van der Waals surface area contributed by atoms with E-state index in [9.17, 15) is 0 Å². The van der Waals surface area contributed by atoms with Crippen LogP contribution in [0.1, 0.15) is 24.5 Å². The van der Waals surface area contributed by atoms with E-state index in [0.717, 1.165) is 18.9 Å². The maximum Gasteiger partial charge on any atom is 0.414 e. The number of rotatable bonds is 8. The van der Waals surface area contributed by atoms with Crippen molar-refractivity contribution in [1.82, 2.24) is 9.80 Å². The number of aryl methyl sites for hydroxylation is 2. The SMILES string of the molecule is CCN1CCN(CCOCCOc2ccc3c(c2)CCC3)CC1.O=C(O)C(=O)O. The molecule has 1 aromatic carbocycles. The number of carboxylic acids is 2. The Morgan fingerprint density at radius 1 is 0.931 bits per heavy atom. The van der Waals surface area contributed by atoms with E-state index in [1.807, 2.05) is 0 Å². The highest BCUT2D eigenvalue weighted by molar-refractivity contribution is 6.27. The predicted octanol–water partition coefficient (Wildman–Crippen LogP) is 1.36. The van der Waals surface area contributed by atoms with Gasteiger partial charge in [-0.25, -0.2) is 9.59 Å². The molecule has 1 heterocycles. The average molecular weight is 408 g/mol. The van der Waals surface area contributed by atoms with Gasteiger partial charge in [0.25, 0.3) is 0 Å². The second kappa shape index (κ2) is 12.4. The maximum absolute atomic E-state index is 9.10. The summed E-state index contributed by atoms with van der Waals surface area (Å²) in [5.41, 5.74) is 2.96. The van der Waals surface area contributed by atoms with Gasteiger partial charge in [-0.3, -0.25) is 4.90 Å². The Balaban J connectivity index is 0.000000438. The highest BCUT2D eigenvalue weighted by Crippen LogP contribution is 2.25. The van der Waals surface area contributed by atoms with Crippen LogP contribution in [0.2, 0.25) is 0 Å². The molecule has 29 heavy (non-hydrogen) atoms. The Bertz CT molecular complexity index is 647. The van der Waals surface area contributed by atoms with E-state index in [1.165, 1.54) is 63.1 Å². The van der Waals surface area contributed by atoms with Crippen molar-refractivity contribution in [2.24, 2.45) is 0 Å². The molecule has 1 aliphatic carbocycles. The van der Waals surface area contributed by atoms with E-state index in [-0.39, 0.29) is 0 Å². The Morgan fingerprint density at radius 3 is 2.24 bits per heavy atom. The third-order valence-electron chi connectivity index (χ3n) is 5.21. The molecule has 0 unspecified atom stereocenters. The van der Waals surface area contributed by atoms with Crippen LogP contribution in [0.25, 0.3) is 0 Å². The van der Waals surface area contributed by atoms with Crippen molar-refractivity contribution in [1.29, 1.82) is 0 Å². The van der Waals surface area contributed by atoms with E-state index in [0.29, 0.717) is 13.2 Å². The first kappa shape index (κ1) is 23.1. The molecule has 1 aliphatic heterocycles. The summed E-state index contributed by atoms with van der Waals surface area (Å²) in [6, 6.07) is 6.52. The van der Waals surface area contributed by atoms with Crippen LogP contribution in [0.15, 0.2) is 18.2 Å². The van der Waals surface area contributed by atoms with Crippen molar-refractivity contribution in [3.63, 3.8) is 0 Å². The molecular formula is C21H32N2O6. The fourth-order valence-electron chi connectivity index (χ4n) is 3.48. The smallest absolute Gasteiger partial charge is 0.414 e. The monoisotopic (exact) mass is 408 g/mol. The van der Waals surface area contributed by atoms with Crippen LogP contribution >= 0.6 is 0 Å². The normalized spacial score (nSPS) is 16.6. The minimum Gasteiger partial charge on any atom is -0.491 e. The van der Waals surface area contributed by atoms with Gasteiger partial charge in [0.15, 0.2) is 0 Å². The van der Waals surface area contributed by atoms with Gasteiger partial charge in [-0.1, -0.05) is 13.0 Å². The zero-order chi connectivity index (χ0) is 21.1. The Morgan fingerprint density at radius 2 is 1.59 bits per heavy atom. The Labute approximate surface area is 172 Å². The van der Waals surface area contributed by atoms with Crippen LogP contribution < -0.4 is 4.74 Å². The van der Waals surface area contributed by atoms with Crippen LogP contribution in [0.4, 0.5) is 0 Å². The van der Waals surface area contributed by atoms with Gasteiger partial charge in [-0.05, 0) is 49.1 Å². The summed E-state index contributed by atoms with van der Waals surface area (Å²) in [7, 11) is 0. The van der Waals surface area contributed by atoms with Crippen LogP contribution in [-0.4, -0.2) is 91.0 Å². The topological polar surface area (TPSA) is 99.5 Å². The molecule has 8 nitrogen and oxygen atoms in total. The van der Waals surface area contributed by atoms with Gasteiger partial charge in [0.1, 0.15) is 12.4 Å². The van der Waals surface area contributed by atoms with Gasteiger partial charge >= 0.3 is 11.9 Å². The molecule has 0 atom stereocenters. The fraction of sp³-hybridized carbons (Fsp3) is 0.619. The lowest BCUT2D eigenvalue weighted by atomic mass is 10.1. The van der Waals surface area contributed by atoms with Crippen LogP contribution in [0, 0.1) is 0 Å². The Kier molecular flexibility index (Phi) is 9.90. The summed E-state index contributed by atoms with van der Waals surface area (Å²) in [6.45, 7) is 11.3. The molecule has 2 aliphatic rings. The molecule has 0 aromatic heterocycles. The minimum atomic E-state index is -1.82. The molecule has 0 saturated carbocycles. The second-order valence-electron chi connectivity index (χ2n) is 7.13. The van der Waals surface area contributed by atoms with E-state index >= 15 is 0 Å². The second-order valence-corrected chi connectivity index (χ2v) is 7.13. The van der Waals surface area contributed by atoms with Crippen LogP contribution in [0.3, 0.4) is 0 Å². The van der Waals surface area contributed by atoms with Gasteiger partial charge in [-0.2, -0.15) is 0 Å². The molecule has 8 heteroatoms. The lowest BCUT2D eigenvalue weighted by Crippen LogP contribution is -2.47. The number of piperazine rings is 1. The van der Waals surface area contributed by atoms with Crippen molar-refractivity contribution in [2.45, 2.75) is 26.2 Å². The average Bonchev–Trinajstić information content (AvgIpc) is 3.19. The fourth-order valence-corrected chi connectivity index (χ4v) is 3.48. The third kappa shape index (κ3) is 8.39. The van der Waals surface area contributed by atoms with Crippen molar-refractivity contribution < 1.29 is 29.3 Å². The van der Waals surface area contributed by atoms with Crippen molar-refractivity contribution in [3.05, 3.63) is 29.3 Å². The maximum atomic E-state index is 9.10. The van der Waals surface area contributed by atoms with E-state index < -0.39 is 11.9 Å². The quantitative estimate of drug-likeness (QED) is 0.491. The number of carbonyl (C=O) groups is 2. The van der Waals surface area contributed by atoms with Gasteiger partial charge in [0, 0.05) is 32.7 Å². The van der Waals surface area contributed by atoms with Crippen molar-refractivity contribution >= 4 is 11.9 Å². The number of nitrogens with zero attached hydrogens (tertiary/aromatic N) is 2. The predicted molar refractivity (Wildman–Crippen MR) is 109 cm³/mol. The number of fused-ring (bicyclic) bond motifs is 1. The minimum absolute atomic E-state index is 0.641. The van der Waals surface area contributed by atoms with E-state index in [4.69, 9.17) is 29.3 Å². The molecular weight excluding hydrogens is 376 g/mol. The molecule has 0 spiro atoms. The highest BCUT2D eigenvalue weighted by atomic mass is 16.5. The molecule has 0 radical (unpaired) electrons. The first-order chi connectivity index (χ1) is 14.0. The van der Waals surface area contributed by atoms with Crippen molar-refractivity contribution in [2.75, 3.05) is 59.1 Å². The molecule has 1 aromatic rings. The highest BCUT2D eigenvalue weighted by Gasteiger charge is 2.14. The van der Waals surface area contributed by atoms with Gasteiger partial charge in [0.2, 0.25) is 0 Å². The summed E-state index contributed by atoms with van der Waals surface area (Å²) in [4.78, 5) is 23.2. The summed E-state index contributed by atoms with van der Waals surface area (Å²) < 4.78 is 11.5. The molecule has 3 rings (SSSR count). The number of carboxylic acid groups (broad SMARTS) is 2. The third-order valence-corrected chi connectivity index (χ3v) is 5.21. The number of hydrogen-bond donors (Lipinski definition) is 2. The van der Waals surface area contributed by atoms with E-state index in [1.54, 1.807) is 0 Å². The molecule has 1 fully saturated rings. The number of aliphatic carboxylic acids is 2. The number of hydrogen-bond acceptors (Lipinski definition) is 6. The van der Waals surface area contributed by atoms with Crippen LogP contribution in [-0.2, 0) is 27.2 Å². The summed E-state index contributed by atoms with van der Waals surface area (Å²) >= 11 is 0. The van der Waals surface area contributed by atoms with Gasteiger partial charge in [0.05, 0.1) is 13.2 Å². The molecule has 1 saturated heterocycles. The van der Waals surface area contributed by atoms with E-state index in [2.05, 4.69) is 34.9 Å². The zero-order valence-electron chi connectivity index (χ0n) is 17.1. The number of likely N-dealkylation sites (N-methyl/N-ethyl adjacent to an activating group) is 1. The molecule has 0 bridgehead atoms. The molecule has 0 amide bonds. The molecule has 162 valence electrons. The lowest BCUT2D eigenvalue weighted by molar-refractivity contribution is -0.159. The van der Waals surface area contributed by atoms with Gasteiger partial charge < -0.3 is 24.6 Å². The van der Waals surface area contributed by atoms with Crippen molar-refractivity contribution in [3.8, 4) is 5.75 Å². The summed E-state index contributed by atoms with van der Waals surface area (Å²) in [5, 5.41) is 14.8. The zero-order valence-corrected chi connectivity index (χ0v) is 17.1. The first-order valence-electron chi connectivity index (χ1n) is 10.2. The van der Waals surface area contributed by atoms with Crippen LogP contribution in [0.5, 0.6) is 5.75 Å². The lowest BCUT2D eigenvalue weighted by Gasteiger charge is -2.33. The Hall–Kier alpha value is -2.16. The largest absolute Gasteiger partial charge is 0.491 e. The number of ether oxygens (including phenoxy) is 2. The molecule has 2 N–H and O–H groups in total. The first-order valence-corrected chi connectivity index (χ1v) is 10.2. The van der Waals surface area contributed by atoms with Gasteiger partial charge in [-0.15, -0.1) is 0 Å². The number of benzene rings is 1. The summed E-state index contributed by atoms with van der Waals surface area (Å²) in [5.74, 6) is -2.66. The standard InChI is InChI=1S/C19H30N2O2.C2H2O4/c1-2-20-8-10-21(11-9-20)12-13-22-14-15-23-19-7-6-17-4-3-5-18(17)16-19;3-1(4)2(5)6/h6-7,16H,2-5,8-15H2,1H3;(H,3,4)(H,5,6). The summed E-state index contributed by atoms with van der Waals surface area (Å²) in [6.07, 6.45) is 3.72.